The van der Waals surface area contributed by atoms with Crippen LogP contribution in [0.2, 0.25) is 0 Å². The van der Waals surface area contributed by atoms with Crippen LogP contribution >= 0.6 is 25.3 Å². The summed E-state index contributed by atoms with van der Waals surface area (Å²) in [5, 5.41) is 9.06. The lowest BCUT2D eigenvalue weighted by Gasteiger charge is -2.20. The number of rotatable bonds is 0. The molecule has 3 nitrogen and oxygen atoms in total. The van der Waals surface area contributed by atoms with Crippen LogP contribution < -0.4 is 0 Å². The molecule has 0 bridgehead atoms. The Morgan fingerprint density at radius 2 is 1.50 bits per heavy atom. The smallest absolute Gasteiger partial charge is 0.195 e. The highest BCUT2D eigenvalue weighted by Crippen LogP contribution is 2.36. The Bertz CT molecular complexity index is 834. The molecule has 20 heavy (non-hydrogen) atoms. The Morgan fingerprint density at radius 3 is 2.05 bits per heavy atom. The van der Waals surface area contributed by atoms with Gasteiger partial charge < -0.3 is 0 Å². The SMILES string of the molecule is N#Cc1cc(S)c2c(c1S)C(=O)c1ccccc1C2=O. The lowest BCUT2D eigenvalue weighted by molar-refractivity contribution is 0.0974. The second kappa shape index (κ2) is 4.51. The molecule has 0 fully saturated rings. The van der Waals surface area contributed by atoms with Gasteiger partial charge in [0.15, 0.2) is 11.6 Å². The molecule has 0 aromatic heterocycles. The number of hydrogen-bond donors (Lipinski definition) is 2. The maximum Gasteiger partial charge on any atom is 0.195 e. The average molecular weight is 297 g/mol. The van der Waals surface area contributed by atoms with Crippen LogP contribution in [0.1, 0.15) is 37.4 Å². The van der Waals surface area contributed by atoms with E-state index in [0.29, 0.717) is 16.0 Å². The molecule has 5 heteroatoms. The molecule has 0 saturated heterocycles. The fraction of sp³-hybridized carbons (Fsp3) is 0. The highest BCUT2D eigenvalue weighted by Gasteiger charge is 2.33. The van der Waals surface area contributed by atoms with E-state index in [1.165, 1.54) is 6.07 Å². The van der Waals surface area contributed by atoms with Gasteiger partial charge in [-0.05, 0) is 6.07 Å². The van der Waals surface area contributed by atoms with Gasteiger partial charge in [0.05, 0.1) is 5.56 Å². The van der Waals surface area contributed by atoms with E-state index in [4.69, 9.17) is 5.26 Å². The number of ketones is 2. The Morgan fingerprint density at radius 1 is 0.950 bits per heavy atom. The molecular weight excluding hydrogens is 290 g/mol. The van der Waals surface area contributed by atoms with Crippen LogP contribution in [0.4, 0.5) is 0 Å². The Hall–Kier alpha value is -2.03. The normalized spacial score (nSPS) is 12.7. The molecule has 0 spiro atoms. The zero-order valence-electron chi connectivity index (χ0n) is 10.0. The molecule has 0 atom stereocenters. The Labute approximate surface area is 126 Å². The molecular formula is C15H7NO2S2. The zero-order chi connectivity index (χ0) is 14.4. The summed E-state index contributed by atoms with van der Waals surface area (Å²) in [4.78, 5) is 25.6. The summed E-state index contributed by atoms with van der Waals surface area (Å²) in [5.41, 5.74) is 1.32. The first-order chi connectivity index (χ1) is 9.56. The molecule has 0 saturated carbocycles. The van der Waals surface area contributed by atoms with E-state index in [2.05, 4.69) is 25.3 Å². The third-order valence-electron chi connectivity index (χ3n) is 3.27. The van der Waals surface area contributed by atoms with E-state index in [-0.39, 0.29) is 33.2 Å². The molecule has 96 valence electrons. The monoisotopic (exact) mass is 297 g/mol. The summed E-state index contributed by atoms with van der Waals surface area (Å²) in [6, 6.07) is 10.0. The van der Waals surface area contributed by atoms with E-state index in [1.54, 1.807) is 24.3 Å². The largest absolute Gasteiger partial charge is 0.289 e. The molecule has 1 aliphatic carbocycles. The maximum atomic E-state index is 12.6. The summed E-state index contributed by atoms with van der Waals surface area (Å²) in [7, 11) is 0. The van der Waals surface area contributed by atoms with E-state index in [0.717, 1.165) is 0 Å². The molecule has 0 radical (unpaired) electrons. The van der Waals surface area contributed by atoms with E-state index in [1.807, 2.05) is 6.07 Å². The first-order valence-corrected chi connectivity index (χ1v) is 6.63. The Kier molecular flexibility index (Phi) is 2.93. The molecule has 0 aliphatic heterocycles. The van der Waals surface area contributed by atoms with Gasteiger partial charge in [0, 0.05) is 32.0 Å². The number of hydrogen-bond acceptors (Lipinski definition) is 5. The highest BCUT2D eigenvalue weighted by atomic mass is 32.1. The van der Waals surface area contributed by atoms with Gasteiger partial charge in [-0.15, -0.1) is 25.3 Å². The number of benzene rings is 2. The van der Waals surface area contributed by atoms with Crippen molar-refractivity contribution in [1.29, 1.82) is 5.26 Å². The predicted octanol–water partition coefficient (Wildman–Crippen LogP) is 2.91. The highest BCUT2D eigenvalue weighted by molar-refractivity contribution is 7.81. The molecule has 0 unspecified atom stereocenters. The van der Waals surface area contributed by atoms with E-state index < -0.39 is 0 Å². The summed E-state index contributed by atoms with van der Waals surface area (Å²) < 4.78 is 0. The van der Waals surface area contributed by atoms with Crippen LogP contribution in [0.3, 0.4) is 0 Å². The van der Waals surface area contributed by atoms with Crippen molar-refractivity contribution in [2.45, 2.75) is 9.79 Å². The number of carbonyl (C=O) groups excluding carboxylic acids is 2. The van der Waals surface area contributed by atoms with Crippen molar-refractivity contribution in [1.82, 2.24) is 0 Å². The second-order valence-corrected chi connectivity index (χ2v) is 5.29. The Balaban J connectivity index is 2.43. The van der Waals surface area contributed by atoms with Crippen LogP contribution in [0.25, 0.3) is 0 Å². The fourth-order valence-electron chi connectivity index (χ4n) is 2.34. The predicted molar refractivity (Wildman–Crippen MR) is 79.0 cm³/mol. The zero-order valence-corrected chi connectivity index (χ0v) is 11.8. The third kappa shape index (κ3) is 1.62. The maximum absolute atomic E-state index is 12.6. The molecule has 0 N–H and O–H groups in total. The van der Waals surface area contributed by atoms with Crippen molar-refractivity contribution >= 4 is 36.8 Å². The molecule has 1 aliphatic rings. The van der Waals surface area contributed by atoms with E-state index in [9.17, 15) is 9.59 Å². The van der Waals surface area contributed by atoms with Gasteiger partial charge in [-0.2, -0.15) is 5.26 Å². The molecule has 3 rings (SSSR count). The lowest BCUT2D eigenvalue weighted by atomic mass is 9.83. The van der Waals surface area contributed by atoms with E-state index >= 15 is 0 Å². The summed E-state index contributed by atoms with van der Waals surface area (Å²) in [6.45, 7) is 0. The molecule has 0 amide bonds. The van der Waals surface area contributed by atoms with Crippen molar-refractivity contribution in [3.8, 4) is 6.07 Å². The minimum Gasteiger partial charge on any atom is -0.289 e. The first-order valence-electron chi connectivity index (χ1n) is 5.73. The average Bonchev–Trinajstić information content (AvgIpc) is 2.46. The van der Waals surface area contributed by atoms with Gasteiger partial charge >= 0.3 is 0 Å². The van der Waals surface area contributed by atoms with Crippen LogP contribution in [0.5, 0.6) is 0 Å². The van der Waals surface area contributed by atoms with Crippen molar-refractivity contribution < 1.29 is 9.59 Å². The minimum atomic E-state index is -0.299. The van der Waals surface area contributed by atoms with Gasteiger partial charge in [-0.3, -0.25) is 9.59 Å². The summed E-state index contributed by atoms with van der Waals surface area (Å²) in [6.07, 6.45) is 0. The van der Waals surface area contributed by atoms with Gasteiger partial charge in [-0.1, -0.05) is 24.3 Å². The molecule has 2 aromatic rings. The van der Waals surface area contributed by atoms with Gasteiger partial charge in [0.1, 0.15) is 6.07 Å². The van der Waals surface area contributed by atoms with Crippen molar-refractivity contribution in [3.63, 3.8) is 0 Å². The minimum absolute atomic E-state index is 0.168. The van der Waals surface area contributed by atoms with Crippen LogP contribution in [-0.2, 0) is 0 Å². The number of fused-ring (bicyclic) bond motifs is 2. The van der Waals surface area contributed by atoms with Crippen LogP contribution in [-0.4, -0.2) is 11.6 Å². The van der Waals surface area contributed by atoms with Crippen molar-refractivity contribution in [2.24, 2.45) is 0 Å². The number of nitriles is 1. The number of thiol groups is 2. The van der Waals surface area contributed by atoms with Crippen LogP contribution in [0, 0.1) is 11.3 Å². The van der Waals surface area contributed by atoms with Gasteiger partial charge in [0.2, 0.25) is 0 Å². The van der Waals surface area contributed by atoms with Crippen molar-refractivity contribution in [2.75, 3.05) is 0 Å². The standard InChI is InChI=1S/C15H7NO2S2/c16-6-7-5-10(19)11-12(15(7)20)14(18)9-4-2-1-3-8(9)13(11)17/h1-5,19-20H. The third-order valence-corrected chi connectivity index (χ3v) is 4.09. The quantitative estimate of drug-likeness (QED) is 0.627. The molecule has 0 heterocycles. The number of nitrogens with zero attached hydrogens (tertiary/aromatic N) is 1. The van der Waals surface area contributed by atoms with Gasteiger partial charge in [-0.25, -0.2) is 0 Å². The fourth-order valence-corrected chi connectivity index (χ4v) is 3.01. The van der Waals surface area contributed by atoms with Crippen LogP contribution in [0.15, 0.2) is 40.1 Å². The van der Waals surface area contributed by atoms with Crippen molar-refractivity contribution in [3.05, 3.63) is 58.1 Å². The first kappa shape index (κ1) is 13.0. The van der Waals surface area contributed by atoms with Gasteiger partial charge in [0.25, 0.3) is 0 Å². The second-order valence-electron chi connectivity index (χ2n) is 4.36. The topological polar surface area (TPSA) is 57.9 Å². The molecule has 2 aromatic carbocycles. The number of carbonyl (C=O) groups is 2. The summed E-state index contributed by atoms with van der Waals surface area (Å²) in [5.74, 6) is -0.562. The summed E-state index contributed by atoms with van der Waals surface area (Å²) >= 11 is 8.48. The lowest BCUT2D eigenvalue weighted by Crippen LogP contribution is -2.22.